The van der Waals surface area contributed by atoms with E-state index in [1.54, 1.807) is 30.3 Å². The first-order valence-electron chi connectivity index (χ1n) is 8.34. The molecule has 7 nitrogen and oxygen atoms in total. The fourth-order valence-electron chi connectivity index (χ4n) is 2.36. The number of rotatable bonds is 6. The molecule has 0 aliphatic carbocycles. The fraction of sp³-hybridized carbons (Fsp3) is 0.250. The van der Waals surface area contributed by atoms with Gasteiger partial charge in [0.25, 0.3) is 5.91 Å². The van der Waals surface area contributed by atoms with E-state index in [1.165, 1.54) is 27.0 Å². The number of nitrogens with one attached hydrogen (secondary N) is 2. The molecule has 1 atom stereocenters. The summed E-state index contributed by atoms with van der Waals surface area (Å²) in [5.41, 5.74) is 2.15. The van der Waals surface area contributed by atoms with Gasteiger partial charge in [-0.3, -0.25) is 9.59 Å². The molecule has 2 aromatic carbocycles. The van der Waals surface area contributed by atoms with Crippen LogP contribution < -0.4 is 15.4 Å². The molecule has 0 aromatic heterocycles. The van der Waals surface area contributed by atoms with Crippen molar-refractivity contribution in [1.82, 2.24) is 0 Å². The molecule has 2 amide bonds. The smallest absolute Gasteiger partial charge is 0.338 e. The van der Waals surface area contributed by atoms with Crippen molar-refractivity contribution in [1.29, 1.82) is 0 Å². The van der Waals surface area contributed by atoms with E-state index >= 15 is 0 Å². The van der Waals surface area contributed by atoms with Gasteiger partial charge in [0.15, 0.2) is 6.10 Å². The highest BCUT2D eigenvalue weighted by atomic mass is 16.5. The number of methoxy groups -OCH3 is 1. The zero-order chi connectivity index (χ0) is 20.0. The standard InChI is InChI=1S/C20H22N2O5/c1-12-8-9-18(26-4)17(10-12)22-19(24)13(2)27-20(25)15-6-5-7-16(11-15)21-14(3)23/h5-11,13H,1-4H3,(H,21,23)(H,22,24)/t13-/m0/s1. The lowest BCUT2D eigenvalue weighted by molar-refractivity contribution is -0.123. The largest absolute Gasteiger partial charge is 0.495 e. The third kappa shape index (κ3) is 5.57. The molecule has 0 bridgehead atoms. The number of hydrogen-bond donors (Lipinski definition) is 2. The second kappa shape index (κ2) is 8.84. The summed E-state index contributed by atoms with van der Waals surface area (Å²) in [6.45, 7) is 4.74. The average molecular weight is 370 g/mol. The summed E-state index contributed by atoms with van der Waals surface area (Å²) in [7, 11) is 1.51. The van der Waals surface area contributed by atoms with Gasteiger partial charge in [0.05, 0.1) is 18.4 Å². The molecule has 0 aliphatic rings. The van der Waals surface area contributed by atoms with Crippen molar-refractivity contribution >= 4 is 29.2 Å². The summed E-state index contributed by atoms with van der Waals surface area (Å²) in [5.74, 6) is -0.887. The number of benzene rings is 2. The second-order valence-electron chi connectivity index (χ2n) is 6.00. The zero-order valence-corrected chi connectivity index (χ0v) is 15.7. The monoisotopic (exact) mass is 370 g/mol. The molecule has 0 aliphatic heterocycles. The van der Waals surface area contributed by atoms with Gasteiger partial charge in [0.2, 0.25) is 5.91 Å². The number of anilines is 2. The van der Waals surface area contributed by atoms with Gasteiger partial charge in [-0.25, -0.2) is 4.79 Å². The molecule has 27 heavy (non-hydrogen) atoms. The van der Waals surface area contributed by atoms with Crippen LogP contribution in [-0.4, -0.2) is 31.0 Å². The minimum atomic E-state index is -1.02. The minimum Gasteiger partial charge on any atom is -0.495 e. The van der Waals surface area contributed by atoms with Crippen molar-refractivity contribution in [3.8, 4) is 5.75 Å². The Labute approximate surface area is 157 Å². The van der Waals surface area contributed by atoms with Crippen LogP contribution in [0.4, 0.5) is 11.4 Å². The van der Waals surface area contributed by atoms with E-state index in [2.05, 4.69) is 10.6 Å². The Bertz CT molecular complexity index is 863. The van der Waals surface area contributed by atoms with E-state index in [4.69, 9.17) is 9.47 Å². The van der Waals surface area contributed by atoms with E-state index < -0.39 is 18.0 Å². The summed E-state index contributed by atoms with van der Waals surface area (Å²) in [5, 5.41) is 5.29. The van der Waals surface area contributed by atoms with E-state index in [0.29, 0.717) is 17.1 Å². The topological polar surface area (TPSA) is 93.7 Å². The molecule has 2 aromatic rings. The van der Waals surface area contributed by atoms with Crippen LogP contribution in [0.5, 0.6) is 5.75 Å². The summed E-state index contributed by atoms with van der Waals surface area (Å²) >= 11 is 0. The van der Waals surface area contributed by atoms with Gasteiger partial charge in [-0.2, -0.15) is 0 Å². The molecule has 0 saturated carbocycles. The van der Waals surface area contributed by atoms with Gasteiger partial charge in [0.1, 0.15) is 5.75 Å². The maximum atomic E-state index is 12.4. The Balaban J connectivity index is 2.05. The van der Waals surface area contributed by atoms with Crippen molar-refractivity contribution in [2.45, 2.75) is 26.9 Å². The second-order valence-corrected chi connectivity index (χ2v) is 6.00. The highest BCUT2D eigenvalue weighted by molar-refractivity contribution is 5.99. The Kier molecular flexibility index (Phi) is 6.54. The summed E-state index contributed by atoms with van der Waals surface area (Å²) in [6, 6.07) is 11.7. The molecular formula is C20H22N2O5. The lowest BCUT2D eigenvalue weighted by Crippen LogP contribution is -2.30. The predicted molar refractivity (Wildman–Crippen MR) is 102 cm³/mol. The van der Waals surface area contributed by atoms with Gasteiger partial charge >= 0.3 is 5.97 Å². The quantitative estimate of drug-likeness (QED) is 0.762. The van der Waals surface area contributed by atoms with Gasteiger partial charge in [-0.15, -0.1) is 0 Å². The van der Waals surface area contributed by atoms with Crippen molar-refractivity contribution in [3.63, 3.8) is 0 Å². The van der Waals surface area contributed by atoms with Crippen LogP contribution in [0.15, 0.2) is 42.5 Å². The molecule has 0 radical (unpaired) electrons. The number of carbonyl (C=O) groups is 3. The first-order valence-corrected chi connectivity index (χ1v) is 8.34. The summed E-state index contributed by atoms with van der Waals surface area (Å²) in [6.07, 6.45) is -1.02. The number of carbonyl (C=O) groups excluding carboxylic acids is 3. The van der Waals surface area contributed by atoms with Crippen LogP contribution >= 0.6 is 0 Å². The first kappa shape index (κ1) is 20.0. The maximum Gasteiger partial charge on any atom is 0.338 e. The van der Waals surface area contributed by atoms with Crippen molar-refractivity contribution < 1.29 is 23.9 Å². The van der Waals surface area contributed by atoms with Crippen molar-refractivity contribution in [3.05, 3.63) is 53.6 Å². The molecule has 0 unspecified atom stereocenters. The van der Waals surface area contributed by atoms with E-state index in [9.17, 15) is 14.4 Å². The number of aryl methyl sites for hydroxylation is 1. The molecule has 0 spiro atoms. The van der Waals surface area contributed by atoms with Crippen LogP contribution in [0.3, 0.4) is 0 Å². The molecule has 0 fully saturated rings. The molecule has 0 saturated heterocycles. The number of ether oxygens (including phenoxy) is 2. The van der Waals surface area contributed by atoms with Crippen LogP contribution in [-0.2, 0) is 14.3 Å². The van der Waals surface area contributed by atoms with Gasteiger partial charge in [-0.1, -0.05) is 12.1 Å². The molecule has 2 N–H and O–H groups in total. The summed E-state index contributed by atoms with van der Waals surface area (Å²) < 4.78 is 10.4. The van der Waals surface area contributed by atoms with Gasteiger partial charge in [0, 0.05) is 12.6 Å². The van der Waals surface area contributed by atoms with Crippen molar-refractivity contribution in [2.75, 3.05) is 17.7 Å². The zero-order valence-electron chi connectivity index (χ0n) is 15.7. The number of hydrogen-bond acceptors (Lipinski definition) is 5. The molecule has 2 rings (SSSR count). The van der Waals surface area contributed by atoms with E-state index in [0.717, 1.165) is 5.56 Å². The first-order chi connectivity index (χ1) is 12.8. The molecular weight excluding hydrogens is 348 g/mol. The Morgan fingerprint density at radius 3 is 2.44 bits per heavy atom. The Morgan fingerprint density at radius 2 is 1.78 bits per heavy atom. The van der Waals surface area contributed by atoms with Crippen LogP contribution in [0.1, 0.15) is 29.8 Å². The van der Waals surface area contributed by atoms with E-state index in [-0.39, 0.29) is 11.5 Å². The van der Waals surface area contributed by atoms with Crippen LogP contribution in [0, 0.1) is 6.92 Å². The lowest BCUT2D eigenvalue weighted by atomic mass is 10.2. The number of esters is 1. The third-order valence-corrected chi connectivity index (χ3v) is 3.68. The van der Waals surface area contributed by atoms with Gasteiger partial charge in [-0.05, 0) is 49.7 Å². The molecule has 142 valence electrons. The lowest BCUT2D eigenvalue weighted by Gasteiger charge is -2.16. The SMILES string of the molecule is COc1ccc(C)cc1NC(=O)[C@H](C)OC(=O)c1cccc(NC(C)=O)c1. The highest BCUT2D eigenvalue weighted by Crippen LogP contribution is 2.25. The van der Waals surface area contributed by atoms with E-state index in [1.807, 2.05) is 13.0 Å². The van der Waals surface area contributed by atoms with Crippen molar-refractivity contribution in [2.24, 2.45) is 0 Å². The number of amides is 2. The van der Waals surface area contributed by atoms with Gasteiger partial charge < -0.3 is 20.1 Å². The Morgan fingerprint density at radius 1 is 1.04 bits per heavy atom. The predicted octanol–water partition coefficient (Wildman–Crippen LogP) is 3.15. The van der Waals surface area contributed by atoms with Crippen LogP contribution in [0.2, 0.25) is 0 Å². The summed E-state index contributed by atoms with van der Waals surface area (Å²) in [4.78, 5) is 35.8. The highest BCUT2D eigenvalue weighted by Gasteiger charge is 2.20. The van der Waals surface area contributed by atoms with Crippen LogP contribution in [0.25, 0.3) is 0 Å². The fourth-order valence-corrected chi connectivity index (χ4v) is 2.36. The average Bonchev–Trinajstić information content (AvgIpc) is 2.61. The molecule has 7 heteroatoms. The maximum absolute atomic E-state index is 12.4. The minimum absolute atomic E-state index is 0.231. The normalized spacial score (nSPS) is 11.3. The molecule has 0 heterocycles. The Hall–Kier alpha value is -3.35. The third-order valence-electron chi connectivity index (χ3n) is 3.68.